The Bertz CT molecular complexity index is 5360. The summed E-state index contributed by atoms with van der Waals surface area (Å²) in [6, 6.07) is 63.7. The first-order valence-electron chi connectivity index (χ1n) is 30.5. The SMILES string of the molecule is [2H]c1c([2H])c([2H])c(-c2cccc3c2oc2c(N(c4cccc(C)c4)c4ccc5cc6c7ccc(N(c8cccc(C)c8)c8cccc9c8oc8c(-c%10c([2H])c([2H])c([2H])c([2H])c%10[2H])cccc89)cc7n(-c7ccccc7)c6cc5c4)cccc23)c([2H])c1[2H]. The van der Waals surface area contributed by atoms with Gasteiger partial charge in [-0.15, -0.1) is 0 Å². The van der Waals surface area contributed by atoms with E-state index < -0.39 is 36.3 Å². The van der Waals surface area contributed by atoms with Crippen molar-refractivity contribution in [3.8, 4) is 27.9 Å². The number of rotatable bonds is 9. The Labute approximate surface area is 459 Å². The maximum absolute atomic E-state index is 8.90. The summed E-state index contributed by atoms with van der Waals surface area (Å²) in [4.78, 5) is 4.37. The van der Waals surface area contributed by atoms with Crippen LogP contribution < -0.4 is 9.80 Å². The highest BCUT2D eigenvalue weighted by Crippen LogP contribution is 2.48. The van der Waals surface area contributed by atoms with Crippen LogP contribution in [0.25, 0.3) is 104 Å². The largest absolute Gasteiger partial charge is 0.453 e. The average Bonchev–Trinajstić information content (AvgIpc) is 2.57. The van der Waals surface area contributed by atoms with Crippen molar-refractivity contribution in [3.63, 3.8) is 0 Å². The van der Waals surface area contributed by atoms with Gasteiger partial charge in [-0.25, -0.2) is 0 Å². The summed E-state index contributed by atoms with van der Waals surface area (Å²) in [5, 5.41) is 7.20. The average molecular weight is 998 g/mol. The monoisotopic (exact) mass is 997 g/mol. The molecule has 5 nitrogen and oxygen atoms in total. The van der Waals surface area contributed by atoms with E-state index in [1.807, 2.05) is 91.0 Å². The summed E-state index contributed by atoms with van der Waals surface area (Å²) in [6.07, 6.45) is 0. The first kappa shape index (κ1) is 35.2. The molecule has 3 heterocycles. The molecule has 0 radical (unpaired) electrons. The lowest BCUT2D eigenvalue weighted by Gasteiger charge is -2.26. The summed E-state index contributed by atoms with van der Waals surface area (Å²) in [7, 11) is 0. The lowest BCUT2D eigenvalue weighted by atomic mass is 10.0. The second kappa shape index (κ2) is 17.8. The van der Waals surface area contributed by atoms with E-state index in [0.29, 0.717) is 33.5 Å². The number of nitrogens with zero attached hydrogens (tertiary/aromatic N) is 3. The van der Waals surface area contributed by atoms with Crippen molar-refractivity contribution in [2.75, 3.05) is 9.80 Å². The molecule has 12 aromatic carbocycles. The zero-order valence-corrected chi connectivity index (χ0v) is 41.7. The van der Waals surface area contributed by atoms with Gasteiger partial charge in [0.05, 0.1) is 36.1 Å². The van der Waals surface area contributed by atoms with E-state index in [4.69, 9.17) is 22.5 Å². The molecular weight excluding hydrogens is 939 g/mol. The zero-order valence-electron chi connectivity index (χ0n) is 51.7. The molecule has 0 aliphatic carbocycles. The number of aryl methyl sites for hydroxylation is 2. The van der Waals surface area contributed by atoms with Gasteiger partial charge in [0.2, 0.25) is 0 Å². The number of hydrogen-bond donors (Lipinski definition) is 0. The number of hydrogen-bond acceptors (Lipinski definition) is 4. The third-order valence-electron chi connectivity index (χ3n) is 14.8. The molecule has 15 aromatic rings. The Hall–Kier alpha value is -10.1. The van der Waals surface area contributed by atoms with Crippen LogP contribution in [0.3, 0.4) is 0 Å². The van der Waals surface area contributed by atoms with Gasteiger partial charge in [-0.2, -0.15) is 0 Å². The first-order chi connectivity index (χ1) is 42.1. The van der Waals surface area contributed by atoms with E-state index in [-0.39, 0.29) is 35.3 Å². The van der Waals surface area contributed by atoms with Crippen molar-refractivity contribution < 1.29 is 22.5 Å². The van der Waals surface area contributed by atoms with E-state index in [1.54, 1.807) is 12.1 Å². The Morgan fingerprint density at radius 1 is 0.351 bits per heavy atom. The van der Waals surface area contributed by atoms with Crippen LogP contribution >= 0.6 is 0 Å². The molecule has 364 valence electrons. The second-order valence-corrected chi connectivity index (χ2v) is 19.5. The van der Waals surface area contributed by atoms with Crippen LogP contribution in [0.15, 0.2) is 269 Å². The van der Waals surface area contributed by atoms with Crippen molar-refractivity contribution >= 4 is 111 Å². The molecule has 0 saturated heterocycles. The molecule has 0 spiro atoms. The Kier molecular flexibility index (Phi) is 8.13. The van der Waals surface area contributed by atoms with Crippen molar-refractivity contribution in [1.82, 2.24) is 4.57 Å². The minimum absolute atomic E-state index is 0.0726. The molecular formula is C72H49N3O2. The van der Waals surface area contributed by atoms with Gasteiger partial charge in [-0.1, -0.05) is 176 Å². The highest BCUT2D eigenvalue weighted by atomic mass is 16.3. The fraction of sp³-hybridized carbons (Fsp3) is 0.0278. The van der Waals surface area contributed by atoms with Crippen molar-refractivity contribution in [1.29, 1.82) is 0 Å². The van der Waals surface area contributed by atoms with Gasteiger partial charge in [0.1, 0.15) is 11.2 Å². The second-order valence-electron chi connectivity index (χ2n) is 19.5. The number of fused-ring (bicyclic) bond motifs is 10. The lowest BCUT2D eigenvalue weighted by molar-refractivity contribution is 0.670. The molecule has 0 aliphatic rings. The molecule has 0 bridgehead atoms. The van der Waals surface area contributed by atoms with Crippen LogP contribution in [0, 0.1) is 13.8 Å². The van der Waals surface area contributed by atoms with E-state index >= 15 is 0 Å². The third-order valence-corrected chi connectivity index (χ3v) is 14.8. The number of furan rings is 2. The normalized spacial score (nSPS) is 13.6. The van der Waals surface area contributed by atoms with Gasteiger partial charge < -0.3 is 23.2 Å². The number of aromatic nitrogens is 1. The van der Waals surface area contributed by atoms with E-state index in [9.17, 15) is 0 Å². The molecule has 5 heteroatoms. The predicted molar refractivity (Wildman–Crippen MR) is 323 cm³/mol. The molecule has 15 rings (SSSR count). The molecule has 0 fully saturated rings. The fourth-order valence-electron chi connectivity index (χ4n) is 11.4. The smallest absolute Gasteiger partial charge is 0.159 e. The van der Waals surface area contributed by atoms with Crippen LogP contribution in [-0.4, -0.2) is 4.57 Å². The van der Waals surface area contributed by atoms with Crippen molar-refractivity contribution in [3.05, 3.63) is 272 Å². The summed E-state index contributed by atoms with van der Waals surface area (Å²) in [5.74, 6) is 0. The number of anilines is 6. The lowest BCUT2D eigenvalue weighted by Crippen LogP contribution is -2.10. The quantitative estimate of drug-likeness (QED) is 0.144. The highest BCUT2D eigenvalue weighted by molar-refractivity contribution is 6.17. The van der Waals surface area contributed by atoms with Crippen LogP contribution in [-0.2, 0) is 0 Å². The van der Waals surface area contributed by atoms with Crippen LogP contribution in [0.1, 0.15) is 24.8 Å². The minimum atomic E-state index is -0.458. The minimum Gasteiger partial charge on any atom is -0.453 e. The standard InChI is InChI=1S/C72H49N3O2/c1-46-18-12-26-53(40-46)73(65-34-16-32-62-60-30-14-28-57(69(60)76-71(62)65)48-20-6-3-7-21-48)55-37-36-50-43-64-59-39-38-56(45-68(59)75(52-24-10-5-11-25-52)67(64)44-51(50)42-55)74(54-27-13-19-47(2)41-54)66-35-17-33-63-61-31-15-29-58(70(61)77-72(63)66)49-22-8-4-9-23-49/h3-45H,1-2H3/i3D,4D,6D,7D,8D,9D,20D,21D,22D,23D. The summed E-state index contributed by atoms with van der Waals surface area (Å²) in [5.41, 5.74) is 12.9. The Morgan fingerprint density at radius 2 is 0.831 bits per heavy atom. The van der Waals surface area contributed by atoms with Crippen LogP contribution in [0.5, 0.6) is 0 Å². The van der Waals surface area contributed by atoms with Crippen molar-refractivity contribution in [2.45, 2.75) is 13.8 Å². The molecule has 77 heavy (non-hydrogen) atoms. The maximum Gasteiger partial charge on any atom is 0.159 e. The Balaban J connectivity index is 0.921. The van der Waals surface area contributed by atoms with Gasteiger partial charge in [0.25, 0.3) is 0 Å². The molecule has 3 aromatic heterocycles. The molecule has 0 amide bonds. The van der Waals surface area contributed by atoms with E-state index in [2.05, 4.69) is 125 Å². The van der Waals surface area contributed by atoms with Crippen molar-refractivity contribution in [2.24, 2.45) is 0 Å². The molecule has 0 atom stereocenters. The topological polar surface area (TPSA) is 37.7 Å². The fourth-order valence-corrected chi connectivity index (χ4v) is 11.4. The first-order valence-corrected chi connectivity index (χ1v) is 25.5. The highest BCUT2D eigenvalue weighted by Gasteiger charge is 2.25. The van der Waals surface area contributed by atoms with Gasteiger partial charge in [-0.3, -0.25) is 0 Å². The summed E-state index contributed by atoms with van der Waals surface area (Å²) >= 11 is 0. The van der Waals surface area contributed by atoms with Crippen LogP contribution in [0.2, 0.25) is 0 Å². The summed E-state index contributed by atoms with van der Waals surface area (Å²) in [6.45, 7) is 4.13. The summed E-state index contributed by atoms with van der Waals surface area (Å²) < 4.78 is 102. The van der Waals surface area contributed by atoms with Gasteiger partial charge in [0.15, 0.2) is 11.2 Å². The third kappa shape index (κ3) is 7.31. The van der Waals surface area contributed by atoms with Gasteiger partial charge in [-0.05, 0) is 132 Å². The molecule has 0 N–H and O–H groups in total. The van der Waals surface area contributed by atoms with Gasteiger partial charge >= 0.3 is 0 Å². The zero-order chi connectivity index (χ0) is 59.8. The van der Waals surface area contributed by atoms with Gasteiger partial charge in [0, 0.05) is 71.9 Å². The molecule has 0 aliphatic heterocycles. The predicted octanol–water partition coefficient (Wildman–Crippen LogP) is 20.6. The molecule has 0 saturated carbocycles. The number of benzene rings is 12. The number of para-hydroxylation sites is 5. The molecule has 0 unspecified atom stereocenters. The maximum atomic E-state index is 8.90. The van der Waals surface area contributed by atoms with E-state index in [1.165, 1.54) is 0 Å². The van der Waals surface area contributed by atoms with Crippen LogP contribution in [0.4, 0.5) is 34.1 Å². The Morgan fingerprint density at radius 3 is 1.39 bits per heavy atom. The van der Waals surface area contributed by atoms with E-state index in [0.717, 1.165) is 105 Å².